The summed E-state index contributed by atoms with van der Waals surface area (Å²) in [5, 5.41) is 4.04. The largest absolute Gasteiger partial charge is 0.341 e. The maximum Gasteiger partial charge on any atom is 0.231 e. The van der Waals surface area contributed by atoms with E-state index < -0.39 is 9.75 Å². The SMILES string of the molecule is CN(Cc1ccsc1)C(=O)C1(C)CC1(Cl)Cl. The van der Waals surface area contributed by atoms with E-state index in [4.69, 9.17) is 23.2 Å². The van der Waals surface area contributed by atoms with E-state index in [1.165, 1.54) is 0 Å². The molecule has 1 aliphatic rings. The van der Waals surface area contributed by atoms with Crippen LogP contribution < -0.4 is 0 Å². The summed E-state index contributed by atoms with van der Waals surface area (Å²) in [4.78, 5) is 13.8. The van der Waals surface area contributed by atoms with Crippen LogP contribution in [0.3, 0.4) is 0 Å². The van der Waals surface area contributed by atoms with Crippen molar-refractivity contribution in [2.45, 2.75) is 24.2 Å². The summed E-state index contributed by atoms with van der Waals surface area (Å²) in [5.41, 5.74) is 0.529. The highest BCUT2D eigenvalue weighted by molar-refractivity contribution is 7.07. The Morgan fingerprint density at radius 1 is 1.62 bits per heavy atom. The van der Waals surface area contributed by atoms with Gasteiger partial charge in [-0.15, -0.1) is 23.2 Å². The van der Waals surface area contributed by atoms with Crippen LogP contribution in [0.15, 0.2) is 16.8 Å². The van der Waals surface area contributed by atoms with Gasteiger partial charge in [-0.05, 0) is 35.7 Å². The van der Waals surface area contributed by atoms with Crippen molar-refractivity contribution in [3.63, 3.8) is 0 Å². The Bertz CT molecular complexity index is 404. The van der Waals surface area contributed by atoms with Crippen LogP contribution in [0.1, 0.15) is 18.9 Å². The Balaban J connectivity index is 2.01. The molecule has 1 aromatic rings. The molecule has 0 radical (unpaired) electrons. The van der Waals surface area contributed by atoms with Crippen LogP contribution in [0.25, 0.3) is 0 Å². The third-order valence-electron chi connectivity index (χ3n) is 3.08. The second-order valence-corrected chi connectivity index (χ2v) is 6.77. The van der Waals surface area contributed by atoms with Crippen molar-refractivity contribution in [2.75, 3.05) is 7.05 Å². The quantitative estimate of drug-likeness (QED) is 0.777. The van der Waals surface area contributed by atoms with Gasteiger partial charge in [-0.25, -0.2) is 0 Å². The Labute approximate surface area is 109 Å². The van der Waals surface area contributed by atoms with E-state index in [0.717, 1.165) is 5.56 Å². The van der Waals surface area contributed by atoms with Gasteiger partial charge >= 0.3 is 0 Å². The second kappa shape index (κ2) is 3.90. The van der Waals surface area contributed by atoms with Crippen LogP contribution in [0.4, 0.5) is 0 Å². The fourth-order valence-electron chi connectivity index (χ4n) is 1.78. The van der Waals surface area contributed by atoms with Crippen LogP contribution in [0.5, 0.6) is 0 Å². The van der Waals surface area contributed by atoms with Crippen molar-refractivity contribution < 1.29 is 4.79 Å². The lowest BCUT2D eigenvalue weighted by Gasteiger charge is -2.21. The number of carbonyl (C=O) groups excluding carboxylic acids is 1. The van der Waals surface area contributed by atoms with Crippen LogP contribution >= 0.6 is 34.5 Å². The first-order chi connectivity index (χ1) is 7.37. The van der Waals surface area contributed by atoms with E-state index in [-0.39, 0.29) is 5.91 Å². The van der Waals surface area contributed by atoms with Crippen molar-refractivity contribution in [2.24, 2.45) is 5.41 Å². The molecule has 0 saturated heterocycles. The molecule has 1 saturated carbocycles. The van der Waals surface area contributed by atoms with Crippen LogP contribution in [0, 0.1) is 5.41 Å². The highest BCUT2D eigenvalue weighted by atomic mass is 35.5. The molecule has 0 spiro atoms. The molecule has 1 unspecified atom stereocenters. The van der Waals surface area contributed by atoms with Crippen molar-refractivity contribution in [1.29, 1.82) is 0 Å². The Morgan fingerprint density at radius 3 is 2.69 bits per heavy atom. The predicted molar refractivity (Wildman–Crippen MR) is 68.0 cm³/mol. The molecule has 2 nitrogen and oxygen atoms in total. The molecule has 1 atom stereocenters. The highest BCUT2D eigenvalue weighted by Gasteiger charge is 2.68. The summed E-state index contributed by atoms with van der Waals surface area (Å²) >= 11 is 13.6. The first-order valence-electron chi connectivity index (χ1n) is 5.01. The molecule has 1 amide bonds. The van der Waals surface area contributed by atoms with Gasteiger partial charge in [-0.2, -0.15) is 11.3 Å². The summed E-state index contributed by atoms with van der Waals surface area (Å²) in [7, 11) is 1.79. The number of nitrogens with zero attached hydrogens (tertiary/aromatic N) is 1. The lowest BCUT2D eigenvalue weighted by molar-refractivity contribution is -0.135. The minimum absolute atomic E-state index is 0.0173. The van der Waals surface area contributed by atoms with Crippen molar-refractivity contribution in [3.8, 4) is 0 Å². The fourth-order valence-corrected chi connectivity index (χ4v) is 3.14. The summed E-state index contributed by atoms with van der Waals surface area (Å²) in [6.45, 7) is 2.43. The lowest BCUT2D eigenvalue weighted by atomic mass is 10.1. The highest BCUT2D eigenvalue weighted by Crippen LogP contribution is 2.64. The molecule has 2 rings (SSSR count). The van der Waals surface area contributed by atoms with Gasteiger partial charge in [0, 0.05) is 13.6 Å². The van der Waals surface area contributed by atoms with Gasteiger partial charge in [0.1, 0.15) is 4.33 Å². The van der Waals surface area contributed by atoms with Crippen molar-refractivity contribution in [3.05, 3.63) is 22.4 Å². The zero-order valence-electron chi connectivity index (χ0n) is 9.17. The van der Waals surface area contributed by atoms with Crippen LogP contribution in [-0.2, 0) is 11.3 Å². The molecule has 1 fully saturated rings. The maximum atomic E-state index is 12.1. The monoisotopic (exact) mass is 277 g/mol. The molecular formula is C11H13Cl2NOS. The number of hydrogen-bond donors (Lipinski definition) is 0. The average molecular weight is 278 g/mol. The third-order valence-corrected chi connectivity index (χ3v) is 4.91. The number of alkyl halides is 2. The van der Waals surface area contributed by atoms with Crippen molar-refractivity contribution in [1.82, 2.24) is 4.90 Å². The van der Waals surface area contributed by atoms with Gasteiger partial charge in [0.05, 0.1) is 5.41 Å². The molecule has 1 aromatic heterocycles. The molecule has 0 aliphatic heterocycles. The first kappa shape index (κ1) is 12.2. The molecule has 1 aliphatic carbocycles. The zero-order valence-corrected chi connectivity index (χ0v) is 11.5. The number of amides is 1. The molecule has 0 bridgehead atoms. The minimum atomic E-state index is -0.882. The molecule has 16 heavy (non-hydrogen) atoms. The molecule has 0 aromatic carbocycles. The van der Waals surface area contributed by atoms with Gasteiger partial charge in [0.2, 0.25) is 5.91 Å². The molecule has 1 heterocycles. The number of halogens is 2. The molecular weight excluding hydrogens is 265 g/mol. The van der Waals surface area contributed by atoms with Gasteiger partial charge in [-0.1, -0.05) is 0 Å². The Hall–Kier alpha value is -0.250. The normalized spacial score (nSPS) is 26.5. The van der Waals surface area contributed by atoms with E-state index in [9.17, 15) is 4.79 Å². The summed E-state index contributed by atoms with van der Waals surface area (Å²) in [6.07, 6.45) is 0.538. The van der Waals surface area contributed by atoms with Gasteiger partial charge in [0.15, 0.2) is 0 Å². The maximum absolute atomic E-state index is 12.1. The van der Waals surface area contributed by atoms with E-state index in [0.29, 0.717) is 13.0 Å². The number of thiophene rings is 1. The standard InChI is InChI=1S/C11H13Cl2NOS/c1-10(7-11(10,12)13)9(15)14(2)5-8-3-4-16-6-8/h3-4,6H,5,7H2,1-2H3. The van der Waals surface area contributed by atoms with Crippen molar-refractivity contribution >= 4 is 40.4 Å². The number of hydrogen-bond acceptors (Lipinski definition) is 2. The van der Waals surface area contributed by atoms with Crippen LogP contribution in [0.2, 0.25) is 0 Å². The molecule has 88 valence electrons. The van der Waals surface area contributed by atoms with E-state index in [1.54, 1.807) is 23.3 Å². The smallest absolute Gasteiger partial charge is 0.231 e. The zero-order chi connectivity index (χ0) is 12.0. The Kier molecular flexibility index (Phi) is 2.97. The van der Waals surface area contributed by atoms with Gasteiger partial charge in [0.25, 0.3) is 0 Å². The van der Waals surface area contributed by atoms with Gasteiger partial charge in [-0.3, -0.25) is 4.79 Å². The summed E-state index contributed by atoms with van der Waals surface area (Å²) in [6, 6.07) is 2.01. The lowest BCUT2D eigenvalue weighted by Crippen LogP contribution is -2.34. The molecule has 5 heteroatoms. The van der Waals surface area contributed by atoms with E-state index in [2.05, 4.69) is 0 Å². The van der Waals surface area contributed by atoms with Gasteiger partial charge < -0.3 is 4.90 Å². The summed E-state index contributed by atoms with van der Waals surface area (Å²) < 4.78 is -0.882. The van der Waals surface area contributed by atoms with E-state index >= 15 is 0 Å². The molecule has 0 N–H and O–H groups in total. The topological polar surface area (TPSA) is 20.3 Å². The van der Waals surface area contributed by atoms with Crippen LogP contribution in [-0.4, -0.2) is 22.2 Å². The van der Waals surface area contributed by atoms with E-state index in [1.807, 2.05) is 23.8 Å². The second-order valence-electron chi connectivity index (χ2n) is 4.51. The Morgan fingerprint density at radius 2 is 2.25 bits per heavy atom. The fraction of sp³-hybridized carbons (Fsp3) is 0.545. The predicted octanol–water partition coefficient (Wildman–Crippen LogP) is 3.29. The first-order valence-corrected chi connectivity index (χ1v) is 6.71. The number of rotatable bonds is 3. The minimum Gasteiger partial charge on any atom is -0.341 e. The average Bonchev–Trinajstić information content (AvgIpc) is 2.61. The summed E-state index contributed by atoms with van der Waals surface area (Å²) in [5.74, 6) is 0.0173. The number of carbonyl (C=O) groups is 1. The third kappa shape index (κ3) is 1.96.